The minimum Gasteiger partial charge on any atom is -0.355 e. The largest absolute Gasteiger partial charge is 0.355 e. The molecule has 4 nitrogen and oxygen atoms in total. The third-order valence-corrected chi connectivity index (χ3v) is 4.22. The van der Waals surface area contributed by atoms with E-state index in [-0.39, 0.29) is 23.1 Å². The zero-order chi connectivity index (χ0) is 15.8. The lowest BCUT2D eigenvalue weighted by molar-refractivity contribution is -0.120. The summed E-state index contributed by atoms with van der Waals surface area (Å²) in [6.07, 6.45) is 0.987. The summed E-state index contributed by atoms with van der Waals surface area (Å²) < 4.78 is 0. The van der Waals surface area contributed by atoms with Crippen molar-refractivity contribution < 1.29 is 9.59 Å². The van der Waals surface area contributed by atoms with Crippen LogP contribution in [0.4, 0.5) is 5.69 Å². The highest BCUT2D eigenvalue weighted by Gasteiger charge is 2.12. The monoisotopic (exact) mass is 354 g/mol. The summed E-state index contributed by atoms with van der Waals surface area (Å²) in [6.45, 7) is 6.52. The van der Waals surface area contributed by atoms with Gasteiger partial charge in [0.1, 0.15) is 0 Å². The number of nitrogens with one attached hydrogen (secondary N) is 2. The van der Waals surface area contributed by atoms with Crippen LogP contribution in [0.5, 0.6) is 0 Å². The third-order valence-electron chi connectivity index (χ3n) is 3.16. The van der Waals surface area contributed by atoms with Crippen LogP contribution in [0.3, 0.4) is 0 Å². The Hall–Kier alpha value is -1.36. The molecule has 1 aromatic carbocycles. The molecule has 0 fully saturated rings. The minimum atomic E-state index is -0.191. The molecule has 0 aliphatic rings. The van der Waals surface area contributed by atoms with Crippen molar-refractivity contribution in [1.82, 2.24) is 5.32 Å². The lowest BCUT2D eigenvalue weighted by atomic mass is 10.0. The van der Waals surface area contributed by atoms with Crippen molar-refractivity contribution in [1.29, 1.82) is 0 Å². The normalized spacial score (nSPS) is 12.0. The van der Waals surface area contributed by atoms with E-state index < -0.39 is 0 Å². The highest BCUT2D eigenvalue weighted by atomic mass is 79.9. The Kier molecular flexibility index (Phi) is 7.43. The topological polar surface area (TPSA) is 58.2 Å². The molecular formula is C16H23BrN2O2. The Morgan fingerprint density at radius 1 is 1.19 bits per heavy atom. The molecule has 0 aliphatic carbocycles. The number of benzene rings is 1. The maximum absolute atomic E-state index is 11.8. The summed E-state index contributed by atoms with van der Waals surface area (Å²) in [5.74, 6) is 0.294. The van der Waals surface area contributed by atoms with E-state index in [4.69, 9.17) is 0 Å². The fraction of sp³-hybridized carbons (Fsp3) is 0.500. The zero-order valence-corrected chi connectivity index (χ0v) is 14.4. The van der Waals surface area contributed by atoms with Crippen LogP contribution in [-0.2, 0) is 9.59 Å². The summed E-state index contributed by atoms with van der Waals surface area (Å²) in [7, 11) is 0. The third kappa shape index (κ3) is 6.29. The van der Waals surface area contributed by atoms with E-state index >= 15 is 0 Å². The molecule has 21 heavy (non-hydrogen) atoms. The average Bonchev–Trinajstić information content (AvgIpc) is 2.46. The Bertz CT molecular complexity index is 472. The van der Waals surface area contributed by atoms with Crippen LogP contribution in [0, 0.1) is 0 Å². The molecule has 0 bridgehead atoms. The highest BCUT2D eigenvalue weighted by molar-refractivity contribution is 9.10. The second-order valence-corrected chi connectivity index (χ2v) is 6.35. The maximum Gasteiger partial charge on any atom is 0.233 e. The Morgan fingerprint density at radius 3 is 2.33 bits per heavy atom. The van der Waals surface area contributed by atoms with E-state index in [0.717, 1.165) is 12.1 Å². The SMILES string of the molecule is CC[C@@H](Br)C(=O)NCCC(=O)Nc1ccc(C(C)C)cc1. The number of hydrogen-bond acceptors (Lipinski definition) is 2. The predicted octanol–water partition coefficient (Wildman–Crippen LogP) is 3.43. The van der Waals surface area contributed by atoms with Gasteiger partial charge in [-0.05, 0) is 30.0 Å². The van der Waals surface area contributed by atoms with Crippen LogP contribution in [0.2, 0.25) is 0 Å². The van der Waals surface area contributed by atoms with Gasteiger partial charge < -0.3 is 10.6 Å². The van der Waals surface area contributed by atoms with Gasteiger partial charge in [0, 0.05) is 18.7 Å². The number of rotatable bonds is 7. The van der Waals surface area contributed by atoms with E-state index in [1.54, 1.807) is 0 Å². The van der Waals surface area contributed by atoms with Gasteiger partial charge in [-0.3, -0.25) is 9.59 Å². The number of carbonyl (C=O) groups excluding carboxylic acids is 2. The molecule has 2 amide bonds. The van der Waals surface area contributed by atoms with Crippen LogP contribution in [0.15, 0.2) is 24.3 Å². The standard InChI is InChI=1S/C16H23BrN2O2/c1-4-14(17)16(21)18-10-9-15(20)19-13-7-5-12(6-8-13)11(2)3/h5-8,11,14H,4,9-10H2,1-3H3,(H,18,21)(H,19,20)/t14-/m1/s1. The van der Waals surface area contributed by atoms with E-state index in [1.807, 2.05) is 31.2 Å². The van der Waals surface area contributed by atoms with E-state index in [9.17, 15) is 9.59 Å². The molecule has 0 saturated heterocycles. The Labute approximate surface area is 134 Å². The molecule has 0 aromatic heterocycles. The second kappa shape index (κ2) is 8.82. The minimum absolute atomic E-state index is 0.0772. The summed E-state index contributed by atoms with van der Waals surface area (Å²) in [5.41, 5.74) is 2.02. The van der Waals surface area contributed by atoms with Crippen LogP contribution < -0.4 is 10.6 Å². The molecule has 0 aliphatic heterocycles. The number of hydrogen-bond donors (Lipinski definition) is 2. The molecule has 5 heteroatoms. The summed E-state index contributed by atoms with van der Waals surface area (Å²) >= 11 is 3.27. The quantitative estimate of drug-likeness (QED) is 0.737. The van der Waals surface area contributed by atoms with E-state index in [2.05, 4.69) is 40.4 Å². The van der Waals surface area contributed by atoms with Crippen LogP contribution in [0.25, 0.3) is 0 Å². The fourth-order valence-electron chi connectivity index (χ4n) is 1.77. The van der Waals surface area contributed by atoms with Gasteiger partial charge in [0.05, 0.1) is 4.83 Å². The van der Waals surface area contributed by atoms with E-state index in [1.165, 1.54) is 5.56 Å². The number of amides is 2. The van der Waals surface area contributed by atoms with Crippen molar-refractivity contribution in [2.24, 2.45) is 0 Å². The molecule has 0 saturated carbocycles. The first kappa shape index (κ1) is 17.7. The van der Waals surface area contributed by atoms with Gasteiger partial charge in [-0.1, -0.05) is 48.8 Å². The zero-order valence-electron chi connectivity index (χ0n) is 12.8. The van der Waals surface area contributed by atoms with Gasteiger partial charge in [-0.15, -0.1) is 0 Å². The average molecular weight is 355 g/mol. The molecule has 0 heterocycles. The number of anilines is 1. The van der Waals surface area contributed by atoms with Crippen molar-refractivity contribution in [2.45, 2.75) is 44.4 Å². The highest BCUT2D eigenvalue weighted by Crippen LogP contribution is 2.17. The lowest BCUT2D eigenvalue weighted by Gasteiger charge is -2.10. The first-order valence-corrected chi connectivity index (χ1v) is 8.17. The van der Waals surface area contributed by atoms with Crippen molar-refractivity contribution >= 4 is 33.4 Å². The molecule has 2 N–H and O–H groups in total. The van der Waals surface area contributed by atoms with Crippen LogP contribution in [-0.4, -0.2) is 23.2 Å². The first-order valence-electron chi connectivity index (χ1n) is 7.25. The first-order chi connectivity index (χ1) is 9.93. The van der Waals surface area contributed by atoms with Gasteiger partial charge >= 0.3 is 0 Å². The van der Waals surface area contributed by atoms with E-state index in [0.29, 0.717) is 12.5 Å². The van der Waals surface area contributed by atoms with Gasteiger partial charge in [0.2, 0.25) is 11.8 Å². The number of carbonyl (C=O) groups is 2. The van der Waals surface area contributed by atoms with Gasteiger partial charge in [-0.25, -0.2) is 0 Å². The van der Waals surface area contributed by atoms with Crippen molar-refractivity contribution in [3.05, 3.63) is 29.8 Å². The van der Waals surface area contributed by atoms with Gasteiger partial charge in [0.25, 0.3) is 0 Å². The summed E-state index contributed by atoms with van der Waals surface area (Å²) in [6, 6.07) is 7.83. The maximum atomic E-state index is 11.8. The predicted molar refractivity (Wildman–Crippen MR) is 89.8 cm³/mol. The molecular weight excluding hydrogens is 332 g/mol. The number of alkyl halides is 1. The molecule has 1 atom stereocenters. The van der Waals surface area contributed by atoms with Gasteiger partial charge in [-0.2, -0.15) is 0 Å². The molecule has 1 aromatic rings. The van der Waals surface area contributed by atoms with Gasteiger partial charge in [0.15, 0.2) is 0 Å². The fourth-order valence-corrected chi connectivity index (χ4v) is 1.93. The van der Waals surface area contributed by atoms with Crippen molar-refractivity contribution in [2.75, 3.05) is 11.9 Å². The smallest absolute Gasteiger partial charge is 0.233 e. The molecule has 0 radical (unpaired) electrons. The molecule has 1 rings (SSSR count). The summed E-state index contributed by atoms with van der Waals surface area (Å²) in [5, 5.41) is 5.55. The molecule has 0 unspecified atom stereocenters. The van der Waals surface area contributed by atoms with Crippen LogP contribution in [0.1, 0.15) is 45.1 Å². The Balaban J connectivity index is 2.35. The summed E-state index contributed by atoms with van der Waals surface area (Å²) in [4.78, 5) is 23.1. The van der Waals surface area contributed by atoms with Crippen molar-refractivity contribution in [3.63, 3.8) is 0 Å². The number of halogens is 1. The Morgan fingerprint density at radius 2 is 1.81 bits per heavy atom. The van der Waals surface area contributed by atoms with Crippen LogP contribution >= 0.6 is 15.9 Å². The molecule has 116 valence electrons. The van der Waals surface area contributed by atoms with Crippen molar-refractivity contribution in [3.8, 4) is 0 Å². The lowest BCUT2D eigenvalue weighted by Crippen LogP contribution is -2.33. The molecule has 0 spiro atoms. The second-order valence-electron chi connectivity index (χ2n) is 5.24.